The average Bonchev–Trinajstić information content (AvgIpc) is 3.17. The molecule has 156 valence electrons. The van der Waals surface area contributed by atoms with E-state index in [0.29, 0.717) is 5.92 Å². The SMILES string of the molecule is CC1CCCCC1NC(=O)NC(=O)COC(=O)CCNS(=O)(=O)c1cccs1. The van der Waals surface area contributed by atoms with Crippen LogP contribution >= 0.6 is 11.3 Å². The minimum absolute atomic E-state index is 0.0282. The molecule has 0 saturated heterocycles. The van der Waals surface area contributed by atoms with Crippen molar-refractivity contribution in [1.82, 2.24) is 15.4 Å². The Labute approximate surface area is 168 Å². The summed E-state index contributed by atoms with van der Waals surface area (Å²) in [7, 11) is -3.65. The standard InChI is InChI=1S/C17H25N3O6S2/c1-12-5-2-3-6-13(12)19-17(23)20-14(21)11-26-15(22)8-9-18-28(24,25)16-7-4-10-27-16/h4,7,10,12-13,18H,2-3,5-6,8-9,11H2,1H3,(H2,19,20,21,23). The lowest BCUT2D eigenvalue weighted by atomic mass is 9.86. The number of hydrogen-bond acceptors (Lipinski definition) is 7. The van der Waals surface area contributed by atoms with Crippen molar-refractivity contribution in [3.63, 3.8) is 0 Å². The zero-order valence-electron chi connectivity index (χ0n) is 15.6. The Morgan fingerprint density at radius 3 is 2.68 bits per heavy atom. The van der Waals surface area contributed by atoms with E-state index in [1.54, 1.807) is 11.4 Å². The van der Waals surface area contributed by atoms with Crippen molar-refractivity contribution in [2.45, 2.75) is 49.3 Å². The summed E-state index contributed by atoms with van der Waals surface area (Å²) in [4.78, 5) is 35.2. The van der Waals surface area contributed by atoms with E-state index in [4.69, 9.17) is 4.74 Å². The highest BCUT2D eigenvalue weighted by atomic mass is 32.2. The third kappa shape index (κ3) is 7.21. The number of rotatable bonds is 8. The summed E-state index contributed by atoms with van der Waals surface area (Å²) in [6.07, 6.45) is 3.85. The molecule has 11 heteroatoms. The minimum atomic E-state index is -3.65. The van der Waals surface area contributed by atoms with E-state index in [9.17, 15) is 22.8 Å². The molecule has 1 aromatic heterocycles. The molecule has 3 N–H and O–H groups in total. The van der Waals surface area contributed by atoms with Crippen molar-refractivity contribution in [2.75, 3.05) is 13.2 Å². The van der Waals surface area contributed by atoms with Gasteiger partial charge in [-0.3, -0.25) is 14.9 Å². The first-order valence-corrected chi connectivity index (χ1v) is 11.4. The van der Waals surface area contributed by atoms with Crippen LogP contribution < -0.4 is 15.4 Å². The third-order valence-corrected chi connectivity index (χ3v) is 7.28. The first-order chi connectivity index (χ1) is 13.3. The van der Waals surface area contributed by atoms with Crippen molar-refractivity contribution in [1.29, 1.82) is 0 Å². The van der Waals surface area contributed by atoms with Crippen LogP contribution in [0.25, 0.3) is 0 Å². The van der Waals surface area contributed by atoms with Crippen LogP contribution in [0.2, 0.25) is 0 Å². The summed E-state index contributed by atoms with van der Waals surface area (Å²) in [6.45, 7) is 1.30. The molecule has 0 aliphatic heterocycles. The van der Waals surface area contributed by atoms with Crippen LogP contribution in [0.4, 0.5) is 4.79 Å². The summed E-state index contributed by atoms with van der Waals surface area (Å²) < 4.78 is 31.0. The van der Waals surface area contributed by atoms with Crippen LogP contribution in [0.3, 0.4) is 0 Å². The number of thiophene rings is 1. The maximum absolute atomic E-state index is 11.9. The predicted molar refractivity (Wildman–Crippen MR) is 103 cm³/mol. The zero-order chi connectivity index (χ0) is 20.6. The monoisotopic (exact) mass is 431 g/mol. The molecule has 1 aliphatic rings. The van der Waals surface area contributed by atoms with Gasteiger partial charge in [0.2, 0.25) is 10.0 Å². The van der Waals surface area contributed by atoms with Gasteiger partial charge >= 0.3 is 12.0 Å². The Morgan fingerprint density at radius 1 is 1.25 bits per heavy atom. The fourth-order valence-electron chi connectivity index (χ4n) is 2.89. The highest BCUT2D eigenvalue weighted by molar-refractivity contribution is 7.91. The quantitative estimate of drug-likeness (QED) is 0.533. The Bertz CT molecular complexity index is 779. The van der Waals surface area contributed by atoms with E-state index in [2.05, 4.69) is 22.3 Å². The molecule has 0 radical (unpaired) electrons. The number of sulfonamides is 1. The van der Waals surface area contributed by atoms with E-state index >= 15 is 0 Å². The zero-order valence-corrected chi connectivity index (χ0v) is 17.2. The van der Waals surface area contributed by atoms with Crippen molar-refractivity contribution in [2.24, 2.45) is 5.92 Å². The van der Waals surface area contributed by atoms with Crippen LogP contribution in [0.1, 0.15) is 39.0 Å². The Hall–Kier alpha value is -1.98. The molecule has 28 heavy (non-hydrogen) atoms. The summed E-state index contributed by atoms with van der Waals surface area (Å²) in [5.41, 5.74) is 0. The third-order valence-electron chi connectivity index (χ3n) is 4.43. The van der Waals surface area contributed by atoms with E-state index in [-0.39, 0.29) is 23.2 Å². The Morgan fingerprint density at radius 2 is 2.00 bits per heavy atom. The average molecular weight is 432 g/mol. The summed E-state index contributed by atoms with van der Waals surface area (Å²) >= 11 is 1.06. The number of carbonyl (C=O) groups is 3. The molecule has 2 rings (SSSR count). The fraction of sp³-hybridized carbons (Fsp3) is 0.588. The number of nitrogens with one attached hydrogen (secondary N) is 3. The highest BCUT2D eigenvalue weighted by Crippen LogP contribution is 2.23. The van der Waals surface area contributed by atoms with Crippen molar-refractivity contribution in [3.05, 3.63) is 17.5 Å². The molecule has 1 aliphatic carbocycles. The maximum atomic E-state index is 11.9. The largest absolute Gasteiger partial charge is 0.456 e. The number of amides is 3. The number of carbonyl (C=O) groups excluding carboxylic acids is 3. The van der Waals surface area contributed by atoms with Gasteiger partial charge in [-0.2, -0.15) is 0 Å². The summed E-state index contributed by atoms with van der Waals surface area (Å²) in [5, 5.41) is 6.52. The summed E-state index contributed by atoms with van der Waals surface area (Å²) in [6, 6.07) is 2.48. The fourth-order valence-corrected chi connectivity index (χ4v) is 4.96. The van der Waals surface area contributed by atoms with Gasteiger partial charge in [0, 0.05) is 12.6 Å². The van der Waals surface area contributed by atoms with Crippen molar-refractivity contribution in [3.8, 4) is 0 Å². The molecule has 1 heterocycles. The normalized spacial score (nSPS) is 19.6. The minimum Gasteiger partial charge on any atom is -0.456 e. The van der Waals surface area contributed by atoms with E-state index in [1.165, 1.54) is 6.07 Å². The van der Waals surface area contributed by atoms with E-state index in [1.807, 2.05) is 0 Å². The number of ether oxygens (including phenoxy) is 1. The maximum Gasteiger partial charge on any atom is 0.321 e. The second kappa shape index (κ2) is 10.5. The second-order valence-electron chi connectivity index (χ2n) is 6.63. The lowest BCUT2D eigenvalue weighted by Crippen LogP contribution is -2.48. The smallest absolute Gasteiger partial charge is 0.321 e. The Kier molecular flexibility index (Phi) is 8.39. The van der Waals surface area contributed by atoms with Gasteiger partial charge in [-0.25, -0.2) is 17.9 Å². The molecule has 2 atom stereocenters. The first kappa shape index (κ1) is 22.3. The first-order valence-electron chi connectivity index (χ1n) is 9.07. The van der Waals surface area contributed by atoms with Crippen LogP contribution in [0.15, 0.2) is 21.7 Å². The topological polar surface area (TPSA) is 131 Å². The van der Waals surface area contributed by atoms with Gasteiger partial charge in [-0.05, 0) is 30.2 Å². The molecule has 1 aromatic rings. The van der Waals surface area contributed by atoms with Crippen LogP contribution in [-0.2, 0) is 24.3 Å². The number of esters is 1. The molecule has 0 bridgehead atoms. The Balaban J connectivity index is 1.62. The molecule has 9 nitrogen and oxygen atoms in total. The van der Waals surface area contributed by atoms with Crippen LogP contribution in [0.5, 0.6) is 0 Å². The molecule has 2 unspecified atom stereocenters. The van der Waals surface area contributed by atoms with Gasteiger partial charge in [-0.15, -0.1) is 11.3 Å². The van der Waals surface area contributed by atoms with Gasteiger partial charge < -0.3 is 10.1 Å². The molecule has 1 fully saturated rings. The second-order valence-corrected chi connectivity index (χ2v) is 9.57. The lowest BCUT2D eigenvalue weighted by molar-refractivity contribution is -0.148. The van der Waals surface area contributed by atoms with Gasteiger partial charge in [0.05, 0.1) is 6.42 Å². The van der Waals surface area contributed by atoms with Gasteiger partial charge in [0.15, 0.2) is 6.61 Å². The van der Waals surface area contributed by atoms with Crippen LogP contribution in [-0.4, -0.2) is 45.5 Å². The van der Waals surface area contributed by atoms with E-state index < -0.39 is 34.5 Å². The molecular formula is C17H25N3O6S2. The van der Waals surface area contributed by atoms with Crippen LogP contribution in [0, 0.1) is 5.92 Å². The number of hydrogen-bond donors (Lipinski definition) is 3. The molecular weight excluding hydrogens is 406 g/mol. The predicted octanol–water partition coefficient (Wildman–Crippen LogP) is 1.36. The van der Waals surface area contributed by atoms with Gasteiger partial charge in [-0.1, -0.05) is 25.8 Å². The number of urea groups is 1. The van der Waals surface area contributed by atoms with Gasteiger partial charge in [0.25, 0.3) is 5.91 Å². The highest BCUT2D eigenvalue weighted by Gasteiger charge is 2.23. The molecule has 0 spiro atoms. The number of imide groups is 1. The lowest BCUT2D eigenvalue weighted by Gasteiger charge is -2.29. The molecule has 3 amide bonds. The molecule has 1 saturated carbocycles. The van der Waals surface area contributed by atoms with Crippen molar-refractivity contribution < 1.29 is 27.5 Å². The van der Waals surface area contributed by atoms with Gasteiger partial charge in [0.1, 0.15) is 4.21 Å². The summed E-state index contributed by atoms with van der Waals surface area (Å²) in [5.74, 6) is -1.13. The molecule has 0 aromatic carbocycles. The van der Waals surface area contributed by atoms with Crippen molar-refractivity contribution >= 4 is 39.3 Å². The van der Waals surface area contributed by atoms with E-state index in [0.717, 1.165) is 37.0 Å².